The second-order valence-corrected chi connectivity index (χ2v) is 4.81. The first-order valence-electron chi connectivity index (χ1n) is 6.85. The molecule has 1 rings (SSSR count). The summed E-state index contributed by atoms with van der Waals surface area (Å²) in [4.78, 5) is 14.4. The van der Waals surface area contributed by atoms with Gasteiger partial charge in [-0.2, -0.15) is 0 Å². The molecule has 1 aliphatic rings. The summed E-state index contributed by atoms with van der Waals surface area (Å²) in [5.41, 5.74) is 6.89. The molecule has 0 aliphatic carbocycles. The number of carbonyl (C=O) groups excluding carboxylic acids is 1. The number of nitrogens with two attached hydrogens (primary N) is 1. The Balaban J connectivity index is 2.90. The summed E-state index contributed by atoms with van der Waals surface area (Å²) >= 11 is 0. The van der Waals surface area contributed by atoms with Gasteiger partial charge in [0, 0.05) is 24.8 Å². The molecule has 0 radical (unpaired) electrons. The molecule has 1 aliphatic heterocycles. The molecule has 1 fully saturated rings. The van der Waals surface area contributed by atoms with E-state index in [9.17, 15) is 4.79 Å². The first-order chi connectivity index (χ1) is 9.13. The number of rotatable bonds is 4. The van der Waals surface area contributed by atoms with Gasteiger partial charge in [0.1, 0.15) is 0 Å². The monoisotopic (exact) mass is 263 g/mol. The molecule has 1 amide bonds. The number of nitrogens with zero attached hydrogens (tertiary/aromatic N) is 1. The molecule has 4 heteroatoms. The van der Waals surface area contributed by atoms with Gasteiger partial charge in [-0.1, -0.05) is 25.2 Å². The summed E-state index contributed by atoms with van der Waals surface area (Å²) in [5, 5.41) is 3.26. The fraction of sp³-hybridized carbons (Fsp3) is 0.533. The second kappa shape index (κ2) is 7.79. The predicted molar refractivity (Wildman–Crippen MR) is 79.5 cm³/mol. The third-order valence-corrected chi connectivity index (χ3v) is 3.46. The van der Waals surface area contributed by atoms with Crippen molar-refractivity contribution in [2.75, 3.05) is 20.1 Å². The van der Waals surface area contributed by atoms with Gasteiger partial charge in [0.2, 0.25) is 0 Å². The van der Waals surface area contributed by atoms with Crippen molar-refractivity contribution in [3.63, 3.8) is 0 Å². The van der Waals surface area contributed by atoms with E-state index in [0.29, 0.717) is 17.3 Å². The summed E-state index contributed by atoms with van der Waals surface area (Å²) in [7, 11) is 1.94. The van der Waals surface area contributed by atoms with E-state index in [1.54, 1.807) is 12.2 Å². The van der Waals surface area contributed by atoms with Gasteiger partial charge in [0.05, 0.1) is 5.57 Å². The minimum atomic E-state index is -0.0206. The van der Waals surface area contributed by atoms with E-state index >= 15 is 0 Å². The molecule has 1 saturated heterocycles. The van der Waals surface area contributed by atoms with Gasteiger partial charge in [0.25, 0.3) is 5.91 Å². The number of likely N-dealkylation sites (tertiary alicyclic amines) is 1. The van der Waals surface area contributed by atoms with E-state index in [2.05, 4.69) is 11.9 Å². The van der Waals surface area contributed by atoms with Crippen LogP contribution < -0.4 is 11.1 Å². The number of hydrogen-bond donors (Lipinski definition) is 2. The lowest BCUT2D eigenvalue weighted by Crippen LogP contribution is -2.42. The SMILES string of the molecule is C=C/C(C(=O)N1CCCCC(NC)C1)=C(N)\C=C/C. The minimum absolute atomic E-state index is 0.0206. The quantitative estimate of drug-likeness (QED) is 0.598. The smallest absolute Gasteiger partial charge is 0.255 e. The highest BCUT2D eigenvalue weighted by atomic mass is 16.2. The van der Waals surface area contributed by atoms with Crippen molar-refractivity contribution in [3.8, 4) is 0 Å². The van der Waals surface area contributed by atoms with Crippen molar-refractivity contribution in [1.82, 2.24) is 10.2 Å². The zero-order valence-corrected chi connectivity index (χ0v) is 12.0. The summed E-state index contributed by atoms with van der Waals surface area (Å²) in [5.74, 6) is -0.0206. The first-order valence-corrected chi connectivity index (χ1v) is 6.85. The van der Waals surface area contributed by atoms with Crippen LogP contribution in [0.1, 0.15) is 26.2 Å². The number of amides is 1. The maximum Gasteiger partial charge on any atom is 0.255 e. The van der Waals surface area contributed by atoms with E-state index in [1.807, 2.05) is 24.9 Å². The van der Waals surface area contributed by atoms with Crippen molar-refractivity contribution in [2.45, 2.75) is 32.2 Å². The maximum atomic E-state index is 12.5. The third-order valence-electron chi connectivity index (χ3n) is 3.46. The molecule has 19 heavy (non-hydrogen) atoms. The van der Waals surface area contributed by atoms with Crippen LogP contribution in [0.4, 0.5) is 0 Å². The molecule has 1 atom stereocenters. The fourth-order valence-corrected chi connectivity index (χ4v) is 2.33. The maximum absolute atomic E-state index is 12.5. The number of carbonyl (C=O) groups is 1. The van der Waals surface area contributed by atoms with Crippen molar-refractivity contribution >= 4 is 5.91 Å². The van der Waals surface area contributed by atoms with Crippen LogP contribution in [0.2, 0.25) is 0 Å². The van der Waals surface area contributed by atoms with Gasteiger partial charge in [-0.3, -0.25) is 4.79 Å². The molecule has 0 spiro atoms. The molecule has 106 valence electrons. The van der Waals surface area contributed by atoms with Gasteiger partial charge >= 0.3 is 0 Å². The molecule has 0 bridgehead atoms. The zero-order chi connectivity index (χ0) is 14.3. The van der Waals surface area contributed by atoms with Gasteiger partial charge in [0.15, 0.2) is 0 Å². The molecule has 1 unspecified atom stereocenters. The van der Waals surface area contributed by atoms with Crippen LogP contribution in [-0.4, -0.2) is 37.0 Å². The molecule has 0 aromatic rings. The molecule has 4 nitrogen and oxygen atoms in total. The average molecular weight is 263 g/mol. The number of nitrogens with one attached hydrogen (secondary N) is 1. The highest BCUT2D eigenvalue weighted by Crippen LogP contribution is 2.15. The minimum Gasteiger partial charge on any atom is -0.398 e. The standard InChI is InChI=1S/C15H25N3O/c1-4-8-14(16)13(5-2)15(19)18-10-7-6-9-12(11-18)17-3/h4-5,8,12,17H,2,6-7,9-11,16H2,1,3H3/b8-4-,14-13-. The van der Waals surface area contributed by atoms with Gasteiger partial charge < -0.3 is 16.0 Å². The number of likely N-dealkylation sites (N-methyl/N-ethyl adjacent to an activating group) is 1. The lowest BCUT2D eigenvalue weighted by atomic mass is 10.1. The zero-order valence-electron chi connectivity index (χ0n) is 12.0. The highest BCUT2D eigenvalue weighted by Gasteiger charge is 2.23. The summed E-state index contributed by atoms with van der Waals surface area (Å²) in [6, 6.07) is 0.362. The Morgan fingerprint density at radius 1 is 1.47 bits per heavy atom. The average Bonchev–Trinajstić information content (AvgIpc) is 2.65. The van der Waals surface area contributed by atoms with Crippen LogP contribution in [0.5, 0.6) is 0 Å². The Morgan fingerprint density at radius 3 is 2.79 bits per heavy atom. The Kier molecular flexibility index (Phi) is 6.36. The largest absolute Gasteiger partial charge is 0.398 e. The van der Waals surface area contributed by atoms with Crippen LogP contribution in [0.25, 0.3) is 0 Å². The topological polar surface area (TPSA) is 58.4 Å². The van der Waals surface area contributed by atoms with E-state index < -0.39 is 0 Å². The predicted octanol–water partition coefficient (Wildman–Crippen LogP) is 1.56. The second-order valence-electron chi connectivity index (χ2n) is 4.81. The molecule has 0 saturated carbocycles. The van der Waals surface area contributed by atoms with Crippen LogP contribution in [0.3, 0.4) is 0 Å². The summed E-state index contributed by atoms with van der Waals surface area (Å²) in [6.07, 6.45) is 8.41. The molecule has 1 heterocycles. The van der Waals surface area contributed by atoms with Crippen molar-refractivity contribution in [2.24, 2.45) is 5.73 Å². The van der Waals surface area contributed by atoms with Crippen molar-refractivity contribution < 1.29 is 4.79 Å². The summed E-state index contributed by atoms with van der Waals surface area (Å²) in [6.45, 7) is 7.11. The normalized spacial score (nSPS) is 22.0. The van der Waals surface area contributed by atoms with Gasteiger partial charge in [-0.15, -0.1) is 0 Å². The van der Waals surface area contributed by atoms with Crippen LogP contribution >= 0.6 is 0 Å². The Hall–Kier alpha value is -1.55. The van der Waals surface area contributed by atoms with E-state index in [0.717, 1.165) is 32.4 Å². The molecular weight excluding hydrogens is 238 g/mol. The van der Waals surface area contributed by atoms with Crippen LogP contribution in [0.15, 0.2) is 36.1 Å². The van der Waals surface area contributed by atoms with Crippen LogP contribution in [0, 0.1) is 0 Å². The molecular formula is C15H25N3O. The Morgan fingerprint density at radius 2 is 2.21 bits per heavy atom. The van der Waals surface area contributed by atoms with E-state index in [1.165, 1.54) is 0 Å². The van der Waals surface area contributed by atoms with Crippen molar-refractivity contribution in [3.05, 3.63) is 36.1 Å². The first kappa shape index (κ1) is 15.5. The van der Waals surface area contributed by atoms with E-state index in [-0.39, 0.29) is 5.91 Å². The van der Waals surface area contributed by atoms with E-state index in [4.69, 9.17) is 5.73 Å². The van der Waals surface area contributed by atoms with Crippen LogP contribution in [-0.2, 0) is 4.79 Å². The fourth-order valence-electron chi connectivity index (χ4n) is 2.33. The van der Waals surface area contributed by atoms with Gasteiger partial charge in [-0.25, -0.2) is 0 Å². The lowest BCUT2D eigenvalue weighted by molar-refractivity contribution is -0.127. The highest BCUT2D eigenvalue weighted by molar-refractivity contribution is 5.97. The number of allylic oxidation sites excluding steroid dienone is 2. The van der Waals surface area contributed by atoms with Gasteiger partial charge in [-0.05, 0) is 32.9 Å². The van der Waals surface area contributed by atoms with Crippen molar-refractivity contribution in [1.29, 1.82) is 0 Å². The third kappa shape index (κ3) is 4.24. The molecule has 0 aromatic heterocycles. The molecule has 3 N–H and O–H groups in total. The lowest BCUT2D eigenvalue weighted by Gasteiger charge is -2.25. The summed E-state index contributed by atoms with van der Waals surface area (Å²) < 4.78 is 0. The number of hydrogen-bond acceptors (Lipinski definition) is 3. The molecule has 0 aromatic carbocycles. The Labute approximate surface area is 116 Å². The Bertz CT molecular complexity index is 385.